The molecule has 1 unspecified atom stereocenters. The fourth-order valence-corrected chi connectivity index (χ4v) is 3.08. The molecule has 3 heterocycles. The molecule has 3 heteroatoms. The molecule has 4 rings (SSSR count). The van der Waals surface area contributed by atoms with Crippen molar-refractivity contribution in [3.8, 4) is 0 Å². The molecule has 0 amide bonds. The summed E-state index contributed by atoms with van der Waals surface area (Å²) in [6.45, 7) is 5.62. The van der Waals surface area contributed by atoms with Crippen molar-refractivity contribution < 1.29 is 4.39 Å². The number of rotatable bonds is 2. The predicted molar refractivity (Wildman–Crippen MR) is 67.7 cm³/mol. The molecule has 2 nitrogen and oxygen atoms in total. The standard InChI is InChI=1S/C14H19FN2/c1-10-2-3-12(15)8-13(10)16-14-9-17-6-4-11(14)5-7-17/h2-3,8,11,14,16H,4-7,9H2,1H3. The lowest BCUT2D eigenvalue weighted by molar-refractivity contribution is 0.0975. The van der Waals surface area contributed by atoms with E-state index in [1.165, 1.54) is 32.0 Å². The van der Waals surface area contributed by atoms with Gasteiger partial charge in [-0.3, -0.25) is 0 Å². The molecular formula is C14H19FN2. The van der Waals surface area contributed by atoms with Crippen molar-refractivity contribution in [1.82, 2.24) is 4.90 Å². The van der Waals surface area contributed by atoms with Gasteiger partial charge in [0, 0.05) is 18.3 Å². The number of anilines is 1. The van der Waals surface area contributed by atoms with Crippen molar-refractivity contribution in [3.63, 3.8) is 0 Å². The molecule has 1 atom stereocenters. The van der Waals surface area contributed by atoms with E-state index in [2.05, 4.69) is 10.2 Å². The Morgan fingerprint density at radius 1 is 1.29 bits per heavy atom. The highest BCUT2D eigenvalue weighted by Gasteiger charge is 2.34. The summed E-state index contributed by atoms with van der Waals surface area (Å²) in [5.41, 5.74) is 2.09. The number of piperidine rings is 3. The summed E-state index contributed by atoms with van der Waals surface area (Å²) in [5.74, 6) is 0.613. The van der Waals surface area contributed by atoms with Gasteiger partial charge in [0.15, 0.2) is 0 Å². The zero-order valence-electron chi connectivity index (χ0n) is 10.2. The number of fused-ring (bicyclic) bond motifs is 3. The molecule has 92 valence electrons. The van der Waals surface area contributed by atoms with Crippen LogP contribution in [0.15, 0.2) is 18.2 Å². The van der Waals surface area contributed by atoms with E-state index in [-0.39, 0.29) is 5.82 Å². The largest absolute Gasteiger partial charge is 0.380 e. The van der Waals surface area contributed by atoms with Gasteiger partial charge < -0.3 is 10.2 Å². The first-order chi connectivity index (χ1) is 8.22. The summed E-state index contributed by atoms with van der Waals surface area (Å²) in [6.07, 6.45) is 2.57. The van der Waals surface area contributed by atoms with Gasteiger partial charge in [0.25, 0.3) is 0 Å². The van der Waals surface area contributed by atoms with Crippen LogP contribution < -0.4 is 5.32 Å². The van der Waals surface area contributed by atoms with Crippen LogP contribution in [0.2, 0.25) is 0 Å². The van der Waals surface area contributed by atoms with E-state index in [0.29, 0.717) is 6.04 Å². The second kappa shape index (κ2) is 4.30. The highest BCUT2D eigenvalue weighted by Crippen LogP contribution is 2.30. The van der Waals surface area contributed by atoms with Crippen LogP contribution in [0, 0.1) is 18.7 Å². The molecule has 3 saturated heterocycles. The zero-order chi connectivity index (χ0) is 11.8. The van der Waals surface area contributed by atoms with Crippen LogP contribution in [-0.4, -0.2) is 30.6 Å². The van der Waals surface area contributed by atoms with Crippen LogP contribution in [0.4, 0.5) is 10.1 Å². The van der Waals surface area contributed by atoms with E-state index in [9.17, 15) is 4.39 Å². The van der Waals surface area contributed by atoms with Gasteiger partial charge in [0.05, 0.1) is 0 Å². The van der Waals surface area contributed by atoms with Gasteiger partial charge in [-0.1, -0.05) is 6.07 Å². The van der Waals surface area contributed by atoms with E-state index >= 15 is 0 Å². The smallest absolute Gasteiger partial charge is 0.125 e. The average Bonchev–Trinajstić information content (AvgIpc) is 2.35. The van der Waals surface area contributed by atoms with E-state index in [0.717, 1.165) is 23.7 Å². The topological polar surface area (TPSA) is 15.3 Å². The van der Waals surface area contributed by atoms with Crippen LogP contribution in [0.1, 0.15) is 18.4 Å². The number of benzene rings is 1. The van der Waals surface area contributed by atoms with Gasteiger partial charge in [0.2, 0.25) is 0 Å². The maximum absolute atomic E-state index is 13.2. The first-order valence-electron chi connectivity index (χ1n) is 6.47. The van der Waals surface area contributed by atoms with Gasteiger partial charge in [-0.05, 0) is 56.5 Å². The summed E-state index contributed by atoms with van der Waals surface area (Å²) < 4.78 is 13.2. The lowest BCUT2D eigenvalue weighted by atomic mass is 9.84. The van der Waals surface area contributed by atoms with Crippen LogP contribution in [0.25, 0.3) is 0 Å². The van der Waals surface area contributed by atoms with Crippen LogP contribution in [0.5, 0.6) is 0 Å². The number of hydrogen-bond donors (Lipinski definition) is 1. The Balaban J connectivity index is 1.76. The molecule has 1 aromatic rings. The monoisotopic (exact) mass is 234 g/mol. The lowest BCUT2D eigenvalue weighted by Gasteiger charge is -2.45. The van der Waals surface area contributed by atoms with E-state index in [1.54, 1.807) is 6.07 Å². The van der Waals surface area contributed by atoms with Crippen molar-refractivity contribution >= 4 is 5.69 Å². The molecular weight excluding hydrogens is 215 g/mol. The summed E-state index contributed by atoms with van der Waals surface area (Å²) in [7, 11) is 0. The number of aryl methyl sites for hydroxylation is 1. The second-order valence-electron chi connectivity index (χ2n) is 5.35. The average molecular weight is 234 g/mol. The fourth-order valence-electron chi connectivity index (χ4n) is 3.08. The molecule has 3 aliphatic rings. The van der Waals surface area contributed by atoms with Crippen molar-refractivity contribution in [3.05, 3.63) is 29.6 Å². The van der Waals surface area contributed by atoms with Crippen LogP contribution in [-0.2, 0) is 0 Å². The molecule has 3 fully saturated rings. The minimum absolute atomic E-state index is 0.153. The summed E-state index contributed by atoms with van der Waals surface area (Å²) in [6, 6.07) is 5.49. The minimum atomic E-state index is -0.153. The number of nitrogens with one attached hydrogen (secondary N) is 1. The Kier molecular flexibility index (Phi) is 2.79. The van der Waals surface area contributed by atoms with E-state index in [4.69, 9.17) is 0 Å². The maximum atomic E-state index is 13.2. The third-order valence-corrected chi connectivity index (χ3v) is 4.20. The molecule has 1 N–H and O–H groups in total. The van der Waals surface area contributed by atoms with Crippen LogP contribution in [0.3, 0.4) is 0 Å². The molecule has 0 saturated carbocycles. The molecule has 17 heavy (non-hydrogen) atoms. The Morgan fingerprint density at radius 3 is 2.71 bits per heavy atom. The van der Waals surface area contributed by atoms with Gasteiger partial charge in [-0.2, -0.15) is 0 Å². The number of halogens is 1. The van der Waals surface area contributed by atoms with E-state index in [1.807, 2.05) is 13.0 Å². The zero-order valence-corrected chi connectivity index (χ0v) is 10.2. The third kappa shape index (κ3) is 2.16. The third-order valence-electron chi connectivity index (χ3n) is 4.20. The highest BCUT2D eigenvalue weighted by atomic mass is 19.1. The van der Waals surface area contributed by atoms with Gasteiger partial charge in [0.1, 0.15) is 5.82 Å². The molecule has 0 aromatic heterocycles. The predicted octanol–water partition coefficient (Wildman–Crippen LogP) is 2.64. The Morgan fingerprint density at radius 2 is 2.06 bits per heavy atom. The number of hydrogen-bond acceptors (Lipinski definition) is 2. The van der Waals surface area contributed by atoms with Crippen molar-refractivity contribution in [2.24, 2.45) is 5.92 Å². The highest BCUT2D eigenvalue weighted by molar-refractivity contribution is 5.51. The Bertz CT molecular complexity index is 411. The minimum Gasteiger partial charge on any atom is -0.380 e. The normalized spacial score (nSPS) is 31.5. The van der Waals surface area contributed by atoms with Gasteiger partial charge in [-0.15, -0.1) is 0 Å². The Hall–Kier alpha value is -1.09. The van der Waals surface area contributed by atoms with Crippen molar-refractivity contribution in [1.29, 1.82) is 0 Å². The molecule has 2 bridgehead atoms. The summed E-state index contributed by atoms with van der Waals surface area (Å²) in [4.78, 5) is 2.51. The van der Waals surface area contributed by atoms with Crippen molar-refractivity contribution in [2.75, 3.05) is 25.0 Å². The summed E-state index contributed by atoms with van der Waals surface area (Å²) >= 11 is 0. The van der Waals surface area contributed by atoms with Crippen LogP contribution >= 0.6 is 0 Å². The van der Waals surface area contributed by atoms with Gasteiger partial charge in [-0.25, -0.2) is 4.39 Å². The van der Waals surface area contributed by atoms with E-state index < -0.39 is 0 Å². The quantitative estimate of drug-likeness (QED) is 0.846. The molecule has 0 spiro atoms. The van der Waals surface area contributed by atoms with Gasteiger partial charge >= 0.3 is 0 Å². The first kappa shape index (κ1) is 11.0. The maximum Gasteiger partial charge on any atom is 0.125 e. The lowest BCUT2D eigenvalue weighted by Crippen LogP contribution is -2.53. The summed E-state index contributed by atoms with van der Waals surface area (Å²) in [5, 5.41) is 3.54. The molecule has 0 radical (unpaired) electrons. The fraction of sp³-hybridized carbons (Fsp3) is 0.571. The SMILES string of the molecule is Cc1ccc(F)cc1NC1CN2CCC1CC2. The van der Waals surface area contributed by atoms with Crippen molar-refractivity contribution in [2.45, 2.75) is 25.8 Å². The molecule has 0 aliphatic carbocycles. The second-order valence-corrected chi connectivity index (χ2v) is 5.35. The first-order valence-corrected chi connectivity index (χ1v) is 6.47. The Labute approximate surface area is 102 Å². The molecule has 3 aliphatic heterocycles. The molecule has 1 aromatic carbocycles. The number of nitrogens with zero attached hydrogens (tertiary/aromatic N) is 1.